The first-order chi connectivity index (χ1) is 15.9. The molecule has 0 aliphatic carbocycles. The Hall–Kier alpha value is -3.70. The summed E-state index contributed by atoms with van der Waals surface area (Å²) in [6, 6.07) is 13.2. The molecule has 1 aliphatic heterocycles. The number of methoxy groups -OCH3 is 1. The molecule has 1 aromatic heterocycles. The third-order valence-electron chi connectivity index (χ3n) is 5.93. The minimum absolute atomic E-state index is 0.0737. The molecule has 0 amide bonds. The topological polar surface area (TPSA) is 80.4 Å². The highest BCUT2D eigenvalue weighted by atomic mass is 19.1. The molecule has 0 saturated carbocycles. The van der Waals surface area contributed by atoms with Crippen LogP contribution >= 0.6 is 0 Å². The van der Waals surface area contributed by atoms with Gasteiger partial charge in [0.05, 0.1) is 30.5 Å². The minimum Gasteiger partial charge on any atom is -0.497 e. The monoisotopic (exact) mass is 448 g/mol. The van der Waals surface area contributed by atoms with Crippen LogP contribution in [0, 0.1) is 23.1 Å². The van der Waals surface area contributed by atoms with Gasteiger partial charge >= 0.3 is 0 Å². The zero-order valence-corrected chi connectivity index (χ0v) is 18.8. The molecule has 2 aromatic carbocycles. The Kier molecular flexibility index (Phi) is 6.43. The fourth-order valence-corrected chi connectivity index (χ4v) is 4.05. The van der Waals surface area contributed by atoms with Crippen LogP contribution in [0.25, 0.3) is 22.4 Å². The van der Waals surface area contributed by atoms with E-state index in [1.807, 2.05) is 6.07 Å². The highest BCUT2D eigenvalue weighted by Gasteiger charge is 2.23. The average Bonchev–Trinajstić information content (AvgIpc) is 3.25. The Balaban J connectivity index is 1.82. The van der Waals surface area contributed by atoms with Crippen LogP contribution in [0.1, 0.15) is 12.0 Å². The lowest BCUT2D eigenvalue weighted by Gasteiger charge is -2.17. The first-order valence-corrected chi connectivity index (χ1v) is 10.7. The maximum absolute atomic E-state index is 14.5. The molecule has 7 nitrogen and oxygen atoms in total. The van der Waals surface area contributed by atoms with Crippen molar-refractivity contribution in [2.24, 2.45) is 13.0 Å². The molecule has 1 fully saturated rings. The number of rotatable bonds is 6. The summed E-state index contributed by atoms with van der Waals surface area (Å²) in [5.74, 6) is 0.328. The summed E-state index contributed by atoms with van der Waals surface area (Å²) in [5.41, 5.74) is 1.24. The van der Waals surface area contributed by atoms with E-state index in [4.69, 9.17) is 14.7 Å². The molecule has 4 rings (SSSR count). The van der Waals surface area contributed by atoms with Gasteiger partial charge in [0.1, 0.15) is 17.6 Å². The molecule has 2 heterocycles. The lowest BCUT2D eigenvalue weighted by atomic mass is 9.99. The molecule has 0 bridgehead atoms. The molecule has 1 atom stereocenters. The van der Waals surface area contributed by atoms with E-state index in [9.17, 15) is 9.18 Å². The van der Waals surface area contributed by atoms with Crippen molar-refractivity contribution in [3.63, 3.8) is 0 Å². The first-order valence-electron chi connectivity index (χ1n) is 10.7. The number of nitrogens with zero attached hydrogens (tertiary/aromatic N) is 4. The second-order valence-electron chi connectivity index (χ2n) is 8.25. The SMILES string of the molecule is COc1ccc(-c2c(-c3ccc(C#N)c(F)c3)nc(OCC3CCN(C)C3)n(C)c2=O)cc1. The maximum atomic E-state index is 14.5. The molecule has 33 heavy (non-hydrogen) atoms. The van der Waals surface area contributed by atoms with Gasteiger partial charge in [-0.3, -0.25) is 9.36 Å². The second-order valence-corrected chi connectivity index (χ2v) is 8.25. The van der Waals surface area contributed by atoms with Gasteiger partial charge in [0, 0.05) is 25.1 Å². The molecular weight excluding hydrogens is 423 g/mol. The molecule has 0 spiro atoms. The smallest absolute Gasteiger partial charge is 0.299 e. The molecule has 1 unspecified atom stereocenters. The third-order valence-corrected chi connectivity index (χ3v) is 5.93. The fraction of sp³-hybridized carbons (Fsp3) is 0.320. The summed E-state index contributed by atoms with van der Waals surface area (Å²) in [6.07, 6.45) is 1.02. The Bertz CT molecular complexity index is 1260. The highest BCUT2D eigenvalue weighted by Crippen LogP contribution is 2.31. The number of hydrogen-bond donors (Lipinski definition) is 0. The second kappa shape index (κ2) is 9.43. The Morgan fingerprint density at radius 2 is 1.91 bits per heavy atom. The predicted octanol–water partition coefficient (Wildman–Crippen LogP) is 3.46. The normalized spacial score (nSPS) is 15.9. The summed E-state index contributed by atoms with van der Waals surface area (Å²) < 4.78 is 27.0. The van der Waals surface area contributed by atoms with Crippen molar-refractivity contribution in [1.82, 2.24) is 14.5 Å². The van der Waals surface area contributed by atoms with Gasteiger partial charge in [-0.05, 0) is 49.8 Å². The van der Waals surface area contributed by atoms with Gasteiger partial charge < -0.3 is 14.4 Å². The molecule has 3 aromatic rings. The standard InChI is InChI=1S/C25H25FN4O3/c1-29-11-10-16(14-29)15-33-25-28-23(18-4-5-19(13-27)21(26)12-18)22(24(31)30(25)2)17-6-8-20(32-3)9-7-17/h4-9,12,16H,10-11,14-15H2,1-3H3. The van der Waals surface area contributed by atoms with Crippen molar-refractivity contribution in [2.45, 2.75) is 6.42 Å². The Labute approximate surface area is 191 Å². The molecule has 0 radical (unpaired) electrons. The van der Waals surface area contributed by atoms with Crippen molar-refractivity contribution in [3.8, 4) is 40.2 Å². The van der Waals surface area contributed by atoms with Crippen molar-refractivity contribution < 1.29 is 13.9 Å². The first kappa shape index (κ1) is 22.5. The summed E-state index contributed by atoms with van der Waals surface area (Å²) in [7, 11) is 5.24. The van der Waals surface area contributed by atoms with Crippen molar-refractivity contribution in [2.75, 3.05) is 33.9 Å². The Morgan fingerprint density at radius 3 is 2.52 bits per heavy atom. The van der Waals surface area contributed by atoms with Gasteiger partial charge in [-0.2, -0.15) is 10.2 Å². The largest absolute Gasteiger partial charge is 0.497 e. The van der Waals surface area contributed by atoms with Crippen molar-refractivity contribution in [3.05, 3.63) is 64.2 Å². The van der Waals surface area contributed by atoms with Gasteiger partial charge in [0.15, 0.2) is 0 Å². The number of hydrogen-bond acceptors (Lipinski definition) is 6. The van der Waals surface area contributed by atoms with Crippen LogP contribution < -0.4 is 15.0 Å². The van der Waals surface area contributed by atoms with Crippen LogP contribution in [-0.4, -0.2) is 48.3 Å². The van der Waals surface area contributed by atoms with Crippen LogP contribution in [0.2, 0.25) is 0 Å². The number of ether oxygens (including phenoxy) is 2. The average molecular weight is 448 g/mol. The van der Waals surface area contributed by atoms with Crippen LogP contribution in [0.15, 0.2) is 47.3 Å². The van der Waals surface area contributed by atoms with Crippen LogP contribution in [-0.2, 0) is 7.05 Å². The molecule has 170 valence electrons. The van der Waals surface area contributed by atoms with E-state index in [-0.39, 0.29) is 17.1 Å². The predicted molar refractivity (Wildman–Crippen MR) is 123 cm³/mol. The van der Waals surface area contributed by atoms with E-state index in [1.54, 1.807) is 44.5 Å². The number of benzene rings is 2. The molecule has 1 aliphatic rings. The highest BCUT2D eigenvalue weighted by molar-refractivity contribution is 5.80. The summed E-state index contributed by atoms with van der Waals surface area (Å²) >= 11 is 0. The quantitative estimate of drug-likeness (QED) is 0.575. The number of nitriles is 1. The lowest BCUT2D eigenvalue weighted by molar-refractivity contribution is 0.223. The third kappa shape index (κ3) is 4.59. The van der Waals surface area contributed by atoms with E-state index >= 15 is 0 Å². The summed E-state index contributed by atoms with van der Waals surface area (Å²) in [6.45, 7) is 2.37. The van der Waals surface area contributed by atoms with Gasteiger partial charge in [-0.1, -0.05) is 18.2 Å². The zero-order chi connectivity index (χ0) is 23.5. The number of halogens is 1. The summed E-state index contributed by atoms with van der Waals surface area (Å²) in [5, 5.41) is 9.08. The van der Waals surface area contributed by atoms with E-state index in [1.165, 1.54) is 16.7 Å². The van der Waals surface area contributed by atoms with E-state index in [2.05, 4.69) is 16.9 Å². The molecule has 0 N–H and O–H groups in total. The summed E-state index contributed by atoms with van der Waals surface area (Å²) in [4.78, 5) is 20.3. The van der Waals surface area contributed by atoms with Crippen molar-refractivity contribution in [1.29, 1.82) is 5.26 Å². The molecular formula is C25H25FN4O3. The van der Waals surface area contributed by atoms with Crippen LogP contribution in [0.4, 0.5) is 4.39 Å². The zero-order valence-electron chi connectivity index (χ0n) is 18.8. The van der Waals surface area contributed by atoms with Crippen LogP contribution in [0.3, 0.4) is 0 Å². The van der Waals surface area contributed by atoms with Crippen LogP contribution in [0.5, 0.6) is 11.8 Å². The number of likely N-dealkylation sites (tertiary alicyclic amines) is 1. The number of aromatic nitrogens is 2. The van der Waals surface area contributed by atoms with Crippen molar-refractivity contribution >= 4 is 0 Å². The minimum atomic E-state index is -0.672. The lowest BCUT2D eigenvalue weighted by Crippen LogP contribution is -2.25. The van der Waals surface area contributed by atoms with Gasteiger partial charge in [-0.15, -0.1) is 0 Å². The maximum Gasteiger partial charge on any atom is 0.299 e. The Morgan fingerprint density at radius 1 is 1.18 bits per heavy atom. The van der Waals surface area contributed by atoms with Gasteiger partial charge in [-0.25, -0.2) is 4.39 Å². The van der Waals surface area contributed by atoms with Gasteiger partial charge in [0.2, 0.25) is 0 Å². The molecule has 1 saturated heterocycles. The van der Waals surface area contributed by atoms with E-state index in [0.29, 0.717) is 40.7 Å². The van der Waals surface area contributed by atoms with E-state index < -0.39 is 5.82 Å². The van der Waals surface area contributed by atoms with E-state index in [0.717, 1.165) is 19.5 Å². The molecule has 8 heteroatoms. The fourth-order valence-electron chi connectivity index (χ4n) is 4.05. The van der Waals surface area contributed by atoms with Gasteiger partial charge in [0.25, 0.3) is 11.6 Å².